The zero-order chi connectivity index (χ0) is 6.53. The first kappa shape index (κ1) is 6.96. The average molecular weight is 204 g/mol. The lowest BCUT2D eigenvalue weighted by Crippen LogP contribution is -1.66. The molecule has 1 heterocycles. The minimum absolute atomic E-state index is 0.893. The molecule has 0 aliphatic rings. The second-order valence-electron chi connectivity index (χ2n) is 1.47. The monoisotopic (exact) mass is 203 g/mol. The van der Waals surface area contributed by atoms with Crippen LogP contribution in [0.25, 0.3) is 6.08 Å². The second kappa shape index (κ2) is 3.80. The molecule has 0 spiro atoms. The van der Waals surface area contributed by atoms with Crippen LogP contribution < -0.4 is 0 Å². The van der Waals surface area contributed by atoms with Crippen LogP contribution in [0.15, 0.2) is 17.0 Å². The van der Waals surface area contributed by atoms with E-state index in [0.29, 0.717) is 0 Å². The molecule has 1 rings (SSSR count). The Morgan fingerprint density at radius 3 is 3.22 bits per heavy atom. The number of nitrogens with zero attached hydrogens (tertiary/aromatic N) is 1. The maximum Gasteiger partial charge on any atom is 0.0798 e. The van der Waals surface area contributed by atoms with Crippen molar-refractivity contribution in [1.82, 2.24) is 4.98 Å². The maximum atomic E-state index is 4.06. The van der Waals surface area contributed by atoms with Gasteiger partial charge < -0.3 is 0 Å². The van der Waals surface area contributed by atoms with Crippen LogP contribution >= 0.6 is 27.3 Å². The van der Waals surface area contributed by atoms with E-state index in [4.69, 9.17) is 0 Å². The van der Waals surface area contributed by atoms with Gasteiger partial charge in [0.05, 0.1) is 11.2 Å². The SMILES string of the molecule is BrC/C=C/c1cscn1. The average Bonchev–Trinajstić information content (AvgIpc) is 2.34. The predicted molar refractivity (Wildman–Crippen MR) is 44.9 cm³/mol. The molecule has 0 fully saturated rings. The minimum Gasteiger partial charge on any atom is -0.245 e. The fraction of sp³-hybridized carbons (Fsp3) is 0.167. The lowest BCUT2D eigenvalue weighted by atomic mass is 10.4. The molecule has 0 saturated heterocycles. The van der Waals surface area contributed by atoms with Gasteiger partial charge in [0.2, 0.25) is 0 Å². The van der Waals surface area contributed by atoms with E-state index in [-0.39, 0.29) is 0 Å². The third-order valence-corrected chi connectivity index (χ3v) is 1.81. The molecular formula is C6H6BrNS. The van der Waals surface area contributed by atoms with E-state index >= 15 is 0 Å². The van der Waals surface area contributed by atoms with E-state index in [9.17, 15) is 0 Å². The Kier molecular flexibility index (Phi) is 2.94. The molecular weight excluding hydrogens is 198 g/mol. The predicted octanol–water partition coefficient (Wildman–Crippen LogP) is 2.55. The maximum absolute atomic E-state index is 4.06. The van der Waals surface area contributed by atoms with Gasteiger partial charge in [-0.3, -0.25) is 0 Å². The third kappa shape index (κ3) is 2.28. The van der Waals surface area contributed by atoms with Crippen molar-refractivity contribution in [3.8, 4) is 0 Å². The van der Waals surface area contributed by atoms with Crippen LogP contribution in [0.4, 0.5) is 0 Å². The van der Waals surface area contributed by atoms with Gasteiger partial charge in [-0.1, -0.05) is 22.0 Å². The fourth-order valence-electron chi connectivity index (χ4n) is 0.469. The van der Waals surface area contributed by atoms with Crippen LogP contribution in [0.1, 0.15) is 5.69 Å². The number of halogens is 1. The van der Waals surface area contributed by atoms with Crippen molar-refractivity contribution in [2.24, 2.45) is 0 Å². The smallest absolute Gasteiger partial charge is 0.0798 e. The van der Waals surface area contributed by atoms with Crippen molar-refractivity contribution in [2.75, 3.05) is 5.33 Å². The van der Waals surface area contributed by atoms with Crippen LogP contribution in [-0.2, 0) is 0 Å². The molecule has 0 aliphatic heterocycles. The number of allylic oxidation sites excluding steroid dienone is 1. The summed E-state index contributed by atoms with van der Waals surface area (Å²) in [5.41, 5.74) is 2.87. The van der Waals surface area contributed by atoms with E-state index < -0.39 is 0 Å². The highest BCUT2D eigenvalue weighted by molar-refractivity contribution is 9.09. The second-order valence-corrected chi connectivity index (χ2v) is 2.84. The summed E-state index contributed by atoms with van der Waals surface area (Å²) >= 11 is 4.90. The molecule has 0 bridgehead atoms. The van der Waals surface area contributed by atoms with E-state index in [1.807, 2.05) is 23.0 Å². The Labute approximate surface area is 66.6 Å². The van der Waals surface area contributed by atoms with E-state index in [1.165, 1.54) is 0 Å². The van der Waals surface area contributed by atoms with Gasteiger partial charge in [0.25, 0.3) is 0 Å². The third-order valence-electron chi connectivity index (χ3n) is 0.829. The fourth-order valence-corrected chi connectivity index (χ4v) is 1.18. The topological polar surface area (TPSA) is 12.9 Å². The molecule has 1 nitrogen and oxygen atoms in total. The lowest BCUT2D eigenvalue weighted by molar-refractivity contribution is 1.38. The largest absolute Gasteiger partial charge is 0.245 e. The Hall–Kier alpha value is -0.150. The molecule has 0 N–H and O–H groups in total. The Morgan fingerprint density at radius 2 is 2.67 bits per heavy atom. The van der Waals surface area contributed by atoms with Gasteiger partial charge in [0.15, 0.2) is 0 Å². The van der Waals surface area contributed by atoms with Gasteiger partial charge in [-0.25, -0.2) is 4.98 Å². The lowest BCUT2D eigenvalue weighted by Gasteiger charge is -1.77. The number of hydrogen-bond donors (Lipinski definition) is 0. The first-order valence-corrected chi connectivity index (χ1v) is 4.60. The van der Waals surface area contributed by atoms with Crippen molar-refractivity contribution in [3.05, 3.63) is 22.7 Å². The van der Waals surface area contributed by atoms with Gasteiger partial charge in [0.1, 0.15) is 0 Å². The minimum atomic E-state index is 0.893. The summed E-state index contributed by atoms with van der Waals surface area (Å²) in [6, 6.07) is 0. The number of thiazole rings is 1. The Morgan fingerprint density at radius 1 is 1.78 bits per heavy atom. The molecule has 0 aromatic carbocycles. The van der Waals surface area contributed by atoms with Crippen LogP contribution in [0, 0.1) is 0 Å². The molecule has 0 amide bonds. The molecule has 0 saturated carbocycles. The quantitative estimate of drug-likeness (QED) is 0.674. The van der Waals surface area contributed by atoms with E-state index in [1.54, 1.807) is 11.3 Å². The number of rotatable bonds is 2. The molecule has 3 heteroatoms. The molecule has 1 aromatic rings. The van der Waals surface area contributed by atoms with Crippen LogP contribution in [0.3, 0.4) is 0 Å². The Balaban J connectivity index is 2.57. The Bertz CT molecular complexity index is 181. The highest BCUT2D eigenvalue weighted by atomic mass is 79.9. The van der Waals surface area contributed by atoms with E-state index in [2.05, 4.69) is 20.9 Å². The first-order chi connectivity index (χ1) is 4.43. The normalized spacial score (nSPS) is 10.8. The van der Waals surface area contributed by atoms with Gasteiger partial charge in [-0.2, -0.15) is 0 Å². The molecule has 9 heavy (non-hydrogen) atoms. The van der Waals surface area contributed by atoms with Crippen molar-refractivity contribution in [3.63, 3.8) is 0 Å². The summed E-state index contributed by atoms with van der Waals surface area (Å²) in [4.78, 5) is 4.06. The summed E-state index contributed by atoms with van der Waals surface area (Å²) in [6.07, 6.45) is 4.01. The van der Waals surface area contributed by atoms with Gasteiger partial charge in [0, 0.05) is 10.7 Å². The van der Waals surface area contributed by atoms with Crippen LogP contribution in [0.2, 0.25) is 0 Å². The van der Waals surface area contributed by atoms with E-state index in [0.717, 1.165) is 11.0 Å². The molecule has 1 aromatic heterocycles. The summed E-state index contributed by atoms with van der Waals surface area (Å²) in [6.45, 7) is 0. The highest BCUT2D eigenvalue weighted by Gasteiger charge is 1.83. The molecule has 0 radical (unpaired) electrons. The van der Waals surface area contributed by atoms with Crippen molar-refractivity contribution in [2.45, 2.75) is 0 Å². The summed E-state index contributed by atoms with van der Waals surface area (Å²) in [7, 11) is 0. The number of hydrogen-bond acceptors (Lipinski definition) is 2. The number of alkyl halides is 1. The summed E-state index contributed by atoms with van der Waals surface area (Å²) in [5, 5.41) is 2.91. The van der Waals surface area contributed by atoms with Crippen molar-refractivity contribution >= 4 is 33.3 Å². The van der Waals surface area contributed by atoms with Crippen molar-refractivity contribution in [1.29, 1.82) is 0 Å². The molecule has 0 unspecified atom stereocenters. The van der Waals surface area contributed by atoms with Crippen molar-refractivity contribution < 1.29 is 0 Å². The zero-order valence-electron chi connectivity index (χ0n) is 4.75. The van der Waals surface area contributed by atoms with Crippen LogP contribution in [-0.4, -0.2) is 10.3 Å². The first-order valence-electron chi connectivity index (χ1n) is 2.54. The van der Waals surface area contributed by atoms with Gasteiger partial charge in [-0.15, -0.1) is 11.3 Å². The number of aromatic nitrogens is 1. The molecule has 0 atom stereocenters. The summed E-state index contributed by atoms with van der Waals surface area (Å²) in [5.74, 6) is 0. The standard InChI is InChI=1S/C6H6BrNS/c7-3-1-2-6-4-9-5-8-6/h1-2,4-5H,3H2/b2-1+. The van der Waals surface area contributed by atoms with Gasteiger partial charge in [-0.05, 0) is 6.08 Å². The van der Waals surface area contributed by atoms with Crippen LogP contribution in [0.5, 0.6) is 0 Å². The van der Waals surface area contributed by atoms with Gasteiger partial charge >= 0.3 is 0 Å². The molecule has 0 aliphatic carbocycles. The summed E-state index contributed by atoms with van der Waals surface area (Å²) < 4.78 is 0. The zero-order valence-corrected chi connectivity index (χ0v) is 7.15. The molecule has 48 valence electrons. The highest BCUT2D eigenvalue weighted by Crippen LogP contribution is 2.02.